The molecule has 1 aromatic heterocycles. The van der Waals surface area contributed by atoms with Crippen molar-refractivity contribution in [2.24, 2.45) is 5.92 Å². The molecule has 2 atom stereocenters. The summed E-state index contributed by atoms with van der Waals surface area (Å²) >= 11 is 0. The number of hydrogen-bond donors (Lipinski definition) is 1. The van der Waals surface area contributed by atoms with Crippen molar-refractivity contribution in [3.63, 3.8) is 0 Å². The minimum atomic E-state index is -0.779. The fraction of sp³-hybridized carbons (Fsp3) is 0.688. The zero-order valence-electron chi connectivity index (χ0n) is 12.2. The Morgan fingerprint density at radius 1 is 1.14 bits per heavy atom. The van der Waals surface area contributed by atoms with Crippen LogP contribution in [-0.4, -0.2) is 21.2 Å². The number of aromatic nitrogens is 2. The summed E-state index contributed by atoms with van der Waals surface area (Å²) in [5.41, 5.74) is 0. The second kappa shape index (κ2) is 6.41. The molecule has 0 saturated heterocycles. The van der Waals surface area contributed by atoms with Crippen LogP contribution in [0.3, 0.4) is 0 Å². The molecule has 114 valence electrons. The van der Waals surface area contributed by atoms with Gasteiger partial charge in [-0.15, -0.1) is 0 Å². The molecular formula is C16H22N2O3. The third kappa shape index (κ3) is 3.17. The molecule has 2 unspecified atom stereocenters. The van der Waals surface area contributed by atoms with Gasteiger partial charge in [-0.05, 0) is 25.7 Å². The number of nitrogens with zero attached hydrogens (tertiary/aromatic N) is 2. The SMILES string of the molecule is O=C(O)C1CC=CCC1c1nc(C2CCCCCC2)no1. The van der Waals surface area contributed by atoms with Crippen LogP contribution < -0.4 is 0 Å². The van der Waals surface area contributed by atoms with E-state index in [1.54, 1.807) is 0 Å². The van der Waals surface area contributed by atoms with Gasteiger partial charge in [-0.3, -0.25) is 4.79 Å². The Morgan fingerprint density at radius 2 is 1.86 bits per heavy atom. The number of carbonyl (C=O) groups is 1. The van der Waals surface area contributed by atoms with Gasteiger partial charge in [-0.2, -0.15) is 4.98 Å². The standard InChI is InChI=1S/C16H22N2O3/c19-16(20)13-10-6-5-9-12(13)15-17-14(18-21-15)11-7-3-1-2-4-8-11/h5-6,11-13H,1-4,7-10H2,(H,19,20). The van der Waals surface area contributed by atoms with Crippen LogP contribution in [-0.2, 0) is 4.79 Å². The van der Waals surface area contributed by atoms with Crippen LogP contribution in [0.1, 0.15) is 74.9 Å². The summed E-state index contributed by atoms with van der Waals surface area (Å²) in [5, 5.41) is 13.5. The van der Waals surface area contributed by atoms with E-state index in [-0.39, 0.29) is 5.92 Å². The average Bonchev–Trinajstić information content (AvgIpc) is 2.83. The lowest BCUT2D eigenvalue weighted by atomic mass is 9.83. The maximum Gasteiger partial charge on any atom is 0.307 e. The van der Waals surface area contributed by atoms with E-state index in [0.717, 1.165) is 18.7 Å². The van der Waals surface area contributed by atoms with E-state index in [9.17, 15) is 9.90 Å². The minimum absolute atomic E-state index is 0.181. The van der Waals surface area contributed by atoms with Gasteiger partial charge in [0.1, 0.15) is 0 Å². The Kier molecular flexibility index (Phi) is 4.36. The van der Waals surface area contributed by atoms with Gasteiger partial charge in [0.15, 0.2) is 5.82 Å². The molecule has 1 heterocycles. The molecule has 0 aromatic carbocycles. The molecule has 2 aliphatic rings. The molecule has 1 N–H and O–H groups in total. The van der Waals surface area contributed by atoms with Crippen molar-refractivity contribution in [2.45, 2.75) is 63.2 Å². The molecule has 3 rings (SSSR count). The quantitative estimate of drug-likeness (QED) is 0.679. The van der Waals surface area contributed by atoms with Gasteiger partial charge in [0, 0.05) is 5.92 Å². The number of hydrogen-bond acceptors (Lipinski definition) is 4. The molecule has 21 heavy (non-hydrogen) atoms. The molecule has 0 spiro atoms. The van der Waals surface area contributed by atoms with E-state index in [4.69, 9.17) is 4.52 Å². The summed E-state index contributed by atoms with van der Waals surface area (Å²) in [7, 11) is 0. The first-order valence-corrected chi connectivity index (χ1v) is 7.97. The summed E-state index contributed by atoms with van der Waals surface area (Å²) in [6.45, 7) is 0. The first-order chi connectivity index (χ1) is 10.3. The molecular weight excluding hydrogens is 268 g/mol. The van der Waals surface area contributed by atoms with Gasteiger partial charge in [0.25, 0.3) is 0 Å². The van der Waals surface area contributed by atoms with Crippen molar-refractivity contribution in [2.75, 3.05) is 0 Å². The van der Waals surface area contributed by atoms with Crippen LogP contribution in [0.5, 0.6) is 0 Å². The van der Waals surface area contributed by atoms with Crippen LogP contribution in [0, 0.1) is 5.92 Å². The third-order valence-corrected chi connectivity index (χ3v) is 4.74. The number of allylic oxidation sites excluding steroid dienone is 2. The van der Waals surface area contributed by atoms with Gasteiger partial charge < -0.3 is 9.63 Å². The van der Waals surface area contributed by atoms with Gasteiger partial charge in [0.05, 0.1) is 11.8 Å². The molecule has 5 nitrogen and oxygen atoms in total. The van der Waals surface area contributed by atoms with Crippen molar-refractivity contribution >= 4 is 5.97 Å². The van der Waals surface area contributed by atoms with E-state index >= 15 is 0 Å². The normalized spacial score (nSPS) is 27.4. The maximum atomic E-state index is 11.4. The molecule has 5 heteroatoms. The zero-order valence-corrected chi connectivity index (χ0v) is 12.2. The third-order valence-electron chi connectivity index (χ3n) is 4.74. The van der Waals surface area contributed by atoms with Gasteiger partial charge in [-0.25, -0.2) is 0 Å². The molecule has 1 aromatic rings. The van der Waals surface area contributed by atoms with Crippen molar-refractivity contribution < 1.29 is 14.4 Å². The Labute approximate surface area is 124 Å². The van der Waals surface area contributed by atoms with Crippen LogP contribution in [0.25, 0.3) is 0 Å². The predicted molar refractivity (Wildman–Crippen MR) is 77.0 cm³/mol. The van der Waals surface area contributed by atoms with Crippen LogP contribution in [0.2, 0.25) is 0 Å². The van der Waals surface area contributed by atoms with Crippen LogP contribution >= 0.6 is 0 Å². The highest BCUT2D eigenvalue weighted by molar-refractivity contribution is 5.71. The summed E-state index contributed by atoms with van der Waals surface area (Å²) in [5.74, 6) is 0.263. The summed E-state index contributed by atoms with van der Waals surface area (Å²) in [6.07, 6.45) is 12.4. The second-order valence-corrected chi connectivity index (χ2v) is 6.17. The average molecular weight is 290 g/mol. The maximum absolute atomic E-state index is 11.4. The number of carboxylic acid groups (broad SMARTS) is 1. The van der Waals surface area contributed by atoms with E-state index in [0.29, 0.717) is 24.7 Å². The van der Waals surface area contributed by atoms with Crippen LogP contribution in [0.15, 0.2) is 16.7 Å². The minimum Gasteiger partial charge on any atom is -0.481 e. The van der Waals surface area contributed by atoms with E-state index in [1.165, 1.54) is 25.7 Å². The van der Waals surface area contributed by atoms with E-state index in [1.807, 2.05) is 12.2 Å². The highest BCUT2D eigenvalue weighted by atomic mass is 16.5. The first kappa shape index (κ1) is 14.3. The van der Waals surface area contributed by atoms with Crippen molar-refractivity contribution in [1.29, 1.82) is 0 Å². The first-order valence-electron chi connectivity index (χ1n) is 7.97. The highest BCUT2D eigenvalue weighted by Crippen LogP contribution is 2.36. The van der Waals surface area contributed by atoms with Gasteiger partial charge in [-0.1, -0.05) is 43.0 Å². The topological polar surface area (TPSA) is 76.2 Å². The molecule has 0 aliphatic heterocycles. The summed E-state index contributed by atoms with van der Waals surface area (Å²) < 4.78 is 5.42. The largest absolute Gasteiger partial charge is 0.481 e. The number of rotatable bonds is 3. The molecule has 2 aliphatic carbocycles. The lowest BCUT2D eigenvalue weighted by Gasteiger charge is -2.21. The fourth-order valence-electron chi connectivity index (χ4n) is 3.46. The molecule has 0 bridgehead atoms. The van der Waals surface area contributed by atoms with Crippen molar-refractivity contribution in [3.8, 4) is 0 Å². The van der Waals surface area contributed by atoms with Crippen LogP contribution in [0.4, 0.5) is 0 Å². The Balaban J connectivity index is 1.77. The summed E-state index contributed by atoms with van der Waals surface area (Å²) in [4.78, 5) is 15.9. The second-order valence-electron chi connectivity index (χ2n) is 6.17. The monoisotopic (exact) mass is 290 g/mol. The molecule has 1 saturated carbocycles. The lowest BCUT2D eigenvalue weighted by Crippen LogP contribution is -2.23. The Morgan fingerprint density at radius 3 is 2.57 bits per heavy atom. The zero-order chi connectivity index (χ0) is 14.7. The smallest absolute Gasteiger partial charge is 0.307 e. The summed E-state index contributed by atoms with van der Waals surface area (Å²) in [6, 6.07) is 0. The Bertz CT molecular complexity index is 515. The van der Waals surface area contributed by atoms with E-state index < -0.39 is 11.9 Å². The number of carboxylic acids is 1. The Hall–Kier alpha value is -1.65. The van der Waals surface area contributed by atoms with Gasteiger partial charge >= 0.3 is 5.97 Å². The van der Waals surface area contributed by atoms with Crippen molar-refractivity contribution in [1.82, 2.24) is 10.1 Å². The van der Waals surface area contributed by atoms with Crippen molar-refractivity contribution in [3.05, 3.63) is 23.9 Å². The molecule has 0 radical (unpaired) electrons. The van der Waals surface area contributed by atoms with E-state index in [2.05, 4.69) is 10.1 Å². The number of aliphatic carboxylic acids is 1. The fourth-order valence-corrected chi connectivity index (χ4v) is 3.46. The lowest BCUT2D eigenvalue weighted by molar-refractivity contribution is -0.142. The highest BCUT2D eigenvalue weighted by Gasteiger charge is 2.34. The molecule has 1 fully saturated rings. The van der Waals surface area contributed by atoms with Gasteiger partial charge in [0.2, 0.25) is 5.89 Å². The predicted octanol–water partition coefficient (Wildman–Crippen LogP) is 3.64. The molecule has 0 amide bonds.